The summed E-state index contributed by atoms with van der Waals surface area (Å²) < 4.78 is 5.16. The van der Waals surface area contributed by atoms with Gasteiger partial charge in [-0.25, -0.2) is 4.79 Å². The summed E-state index contributed by atoms with van der Waals surface area (Å²) in [6.07, 6.45) is 1.50. The van der Waals surface area contributed by atoms with Crippen molar-refractivity contribution >= 4 is 12.0 Å². The van der Waals surface area contributed by atoms with Crippen LogP contribution in [-0.4, -0.2) is 11.1 Å². The molecule has 3 heteroatoms. The van der Waals surface area contributed by atoms with Crippen molar-refractivity contribution in [2.24, 2.45) is 0 Å². The Morgan fingerprint density at radius 3 is 2.67 bits per heavy atom. The number of furan rings is 1. The van der Waals surface area contributed by atoms with Crippen molar-refractivity contribution in [3.63, 3.8) is 0 Å². The molecule has 1 aromatic rings. The molecule has 0 aromatic carbocycles. The summed E-state index contributed by atoms with van der Waals surface area (Å²) in [5, 5.41) is 8.54. The van der Waals surface area contributed by atoms with Gasteiger partial charge in [-0.3, -0.25) is 0 Å². The van der Waals surface area contributed by atoms with Crippen LogP contribution in [-0.2, 0) is 4.79 Å². The monoisotopic (exact) mass is 166 g/mol. The van der Waals surface area contributed by atoms with Crippen LogP contribution in [0.1, 0.15) is 18.4 Å². The average molecular weight is 166 g/mol. The zero-order valence-electron chi connectivity index (χ0n) is 7.00. The molecule has 3 nitrogen and oxygen atoms in total. The molecule has 0 bridgehead atoms. The van der Waals surface area contributed by atoms with Crippen molar-refractivity contribution < 1.29 is 14.3 Å². The van der Waals surface area contributed by atoms with Crippen LogP contribution in [0.25, 0.3) is 6.08 Å². The van der Waals surface area contributed by atoms with Gasteiger partial charge in [0.15, 0.2) is 0 Å². The first-order valence-corrected chi connectivity index (χ1v) is 3.57. The Bertz CT molecular complexity index is 320. The van der Waals surface area contributed by atoms with Crippen molar-refractivity contribution in [2.75, 3.05) is 0 Å². The minimum absolute atomic E-state index is 0.268. The SMILES string of the molecule is CC(=Cc1ccc(C)o1)C(=O)O. The van der Waals surface area contributed by atoms with Crippen molar-refractivity contribution in [1.82, 2.24) is 0 Å². The molecule has 1 N–H and O–H groups in total. The number of carboxylic acids is 1. The van der Waals surface area contributed by atoms with Crippen LogP contribution in [0.4, 0.5) is 0 Å². The fourth-order valence-corrected chi connectivity index (χ4v) is 0.806. The highest BCUT2D eigenvalue weighted by Gasteiger charge is 2.01. The molecule has 1 rings (SSSR count). The van der Waals surface area contributed by atoms with Crippen LogP contribution < -0.4 is 0 Å². The van der Waals surface area contributed by atoms with Crippen molar-refractivity contribution in [3.05, 3.63) is 29.2 Å². The van der Waals surface area contributed by atoms with Crippen molar-refractivity contribution in [3.8, 4) is 0 Å². The molecule has 0 aliphatic heterocycles. The van der Waals surface area contributed by atoms with Gasteiger partial charge in [0.25, 0.3) is 0 Å². The fourth-order valence-electron chi connectivity index (χ4n) is 0.806. The van der Waals surface area contributed by atoms with Crippen LogP contribution in [0.3, 0.4) is 0 Å². The Balaban J connectivity index is 2.87. The predicted molar refractivity (Wildman–Crippen MR) is 44.7 cm³/mol. The Hall–Kier alpha value is -1.51. The maximum absolute atomic E-state index is 10.4. The van der Waals surface area contributed by atoms with E-state index < -0.39 is 5.97 Å². The molecule has 0 radical (unpaired) electrons. The van der Waals surface area contributed by atoms with E-state index in [4.69, 9.17) is 9.52 Å². The summed E-state index contributed by atoms with van der Waals surface area (Å²) in [7, 11) is 0. The average Bonchev–Trinajstić information content (AvgIpc) is 2.35. The molecule has 64 valence electrons. The van der Waals surface area contributed by atoms with Crippen LogP contribution in [0.15, 0.2) is 22.1 Å². The maximum atomic E-state index is 10.4. The van der Waals surface area contributed by atoms with Gasteiger partial charge in [-0.1, -0.05) is 0 Å². The minimum atomic E-state index is -0.927. The van der Waals surface area contributed by atoms with E-state index in [2.05, 4.69) is 0 Å². The third kappa shape index (κ3) is 1.99. The van der Waals surface area contributed by atoms with Crippen LogP contribution in [0.2, 0.25) is 0 Å². The van der Waals surface area contributed by atoms with E-state index in [0.29, 0.717) is 5.76 Å². The lowest BCUT2D eigenvalue weighted by Gasteiger charge is -1.89. The fraction of sp³-hybridized carbons (Fsp3) is 0.222. The van der Waals surface area contributed by atoms with Gasteiger partial charge in [0.2, 0.25) is 0 Å². The Morgan fingerprint density at radius 1 is 1.58 bits per heavy atom. The molecule has 0 spiro atoms. The highest BCUT2D eigenvalue weighted by atomic mass is 16.4. The normalized spacial score (nSPS) is 11.7. The molecule has 0 fully saturated rings. The van der Waals surface area contributed by atoms with E-state index >= 15 is 0 Å². The van der Waals surface area contributed by atoms with Crippen LogP contribution >= 0.6 is 0 Å². The standard InChI is InChI=1S/C9H10O3/c1-6(9(10)11)5-8-4-3-7(2)12-8/h3-5H,1-2H3,(H,10,11). The van der Waals surface area contributed by atoms with E-state index in [1.807, 2.05) is 6.92 Å². The summed E-state index contributed by atoms with van der Waals surface area (Å²) in [5.41, 5.74) is 0.268. The van der Waals surface area contributed by atoms with Gasteiger partial charge >= 0.3 is 5.97 Å². The number of carbonyl (C=O) groups is 1. The molecule has 12 heavy (non-hydrogen) atoms. The molecule has 1 heterocycles. The van der Waals surface area contributed by atoms with E-state index in [1.165, 1.54) is 13.0 Å². The summed E-state index contributed by atoms with van der Waals surface area (Å²) in [4.78, 5) is 10.4. The van der Waals surface area contributed by atoms with Crippen molar-refractivity contribution in [1.29, 1.82) is 0 Å². The highest BCUT2D eigenvalue weighted by molar-refractivity contribution is 5.90. The zero-order valence-corrected chi connectivity index (χ0v) is 7.00. The Morgan fingerprint density at radius 2 is 2.25 bits per heavy atom. The highest BCUT2D eigenvalue weighted by Crippen LogP contribution is 2.10. The molecule has 0 amide bonds. The van der Waals surface area contributed by atoms with Gasteiger partial charge in [0, 0.05) is 5.57 Å². The summed E-state index contributed by atoms with van der Waals surface area (Å²) in [5.74, 6) is 0.427. The van der Waals surface area contributed by atoms with Gasteiger partial charge in [0.05, 0.1) is 0 Å². The Kier molecular flexibility index (Phi) is 2.33. The third-order valence-electron chi connectivity index (χ3n) is 1.46. The first-order valence-electron chi connectivity index (χ1n) is 3.57. The molecule has 0 unspecified atom stereocenters. The molecule has 0 saturated carbocycles. The number of hydrogen-bond acceptors (Lipinski definition) is 2. The summed E-state index contributed by atoms with van der Waals surface area (Å²) >= 11 is 0. The van der Waals surface area contributed by atoms with Crippen molar-refractivity contribution in [2.45, 2.75) is 13.8 Å². The van der Waals surface area contributed by atoms with Gasteiger partial charge in [-0.2, -0.15) is 0 Å². The molecule has 1 aromatic heterocycles. The molecule has 0 aliphatic rings. The second-order valence-electron chi connectivity index (χ2n) is 2.58. The van der Waals surface area contributed by atoms with E-state index in [1.54, 1.807) is 12.1 Å². The lowest BCUT2D eigenvalue weighted by atomic mass is 10.2. The molecule has 0 atom stereocenters. The zero-order chi connectivity index (χ0) is 9.14. The largest absolute Gasteiger partial charge is 0.478 e. The second-order valence-corrected chi connectivity index (χ2v) is 2.58. The van der Waals surface area contributed by atoms with Crippen LogP contribution in [0, 0.1) is 6.92 Å². The second kappa shape index (κ2) is 3.26. The number of aryl methyl sites for hydroxylation is 1. The first-order chi connectivity index (χ1) is 5.59. The van der Waals surface area contributed by atoms with Gasteiger partial charge in [0.1, 0.15) is 11.5 Å². The maximum Gasteiger partial charge on any atom is 0.331 e. The van der Waals surface area contributed by atoms with Gasteiger partial charge < -0.3 is 9.52 Å². The van der Waals surface area contributed by atoms with E-state index in [-0.39, 0.29) is 5.57 Å². The topological polar surface area (TPSA) is 50.4 Å². The molecule has 0 aliphatic carbocycles. The number of rotatable bonds is 2. The smallest absolute Gasteiger partial charge is 0.331 e. The molecular weight excluding hydrogens is 156 g/mol. The number of aliphatic carboxylic acids is 1. The van der Waals surface area contributed by atoms with Crippen LogP contribution in [0.5, 0.6) is 0 Å². The van der Waals surface area contributed by atoms with E-state index in [0.717, 1.165) is 5.76 Å². The number of carboxylic acid groups (broad SMARTS) is 1. The lowest BCUT2D eigenvalue weighted by molar-refractivity contribution is -0.132. The molecule has 0 saturated heterocycles. The summed E-state index contributed by atoms with van der Waals surface area (Å²) in [6.45, 7) is 3.34. The number of hydrogen-bond donors (Lipinski definition) is 1. The van der Waals surface area contributed by atoms with E-state index in [9.17, 15) is 4.79 Å². The third-order valence-corrected chi connectivity index (χ3v) is 1.46. The molecular formula is C9H10O3. The summed E-state index contributed by atoms with van der Waals surface area (Å²) in [6, 6.07) is 3.53. The van der Waals surface area contributed by atoms with Gasteiger partial charge in [-0.15, -0.1) is 0 Å². The minimum Gasteiger partial charge on any atom is -0.478 e. The quantitative estimate of drug-likeness (QED) is 0.684. The predicted octanol–water partition coefficient (Wildman–Crippen LogP) is 2.08. The first kappa shape index (κ1) is 8.59. The van der Waals surface area contributed by atoms with Gasteiger partial charge in [-0.05, 0) is 32.1 Å². The Labute approximate surface area is 70.3 Å². The lowest BCUT2D eigenvalue weighted by Crippen LogP contribution is -1.94.